The van der Waals surface area contributed by atoms with Gasteiger partial charge in [-0.25, -0.2) is 4.79 Å². The van der Waals surface area contributed by atoms with E-state index in [2.05, 4.69) is 10.6 Å². The van der Waals surface area contributed by atoms with Crippen LogP contribution >= 0.6 is 11.6 Å². The average molecular weight is 392 g/mol. The van der Waals surface area contributed by atoms with Gasteiger partial charge in [-0.3, -0.25) is 19.7 Å². The molecule has 27 heavy (non-hydrogen) atoms. The number of ether oxygens (including phenoxy) is 1. The molecule has 2 aromatic rings. The van der Waals surface area contributed by atoms with Crippen molar-refractivity contribution in [1.82, 2.24) is 0 Å². The quantitative estimate of drug-likeness (QED) is 0.442. The molecule has 0 saturated carbocycles. The van der Waals surface area contributed by atoms with Gasteiger partial charge in [0.05, 0.1) is 21.2 Å². The summed E-state index contributed by atoms with van der Waals surface area (Å²) >= 11 is 5.87. The van der Waals surface area contributed by atoms with E-state index in [0.29, 0.717) is 5.69 Å². The predicted octanol–water partition coefficient (Wildman–Crippen LogP) is 3.00. The van der Waals surface area contributed by atoms with Gasteiger partial charge in [-0.15, -0.1) is 0 Å². The molecule has 0 aliphatic heterocycles. The number of carbonyl (C=O) groups excluding carboxylic acids is 3. The lowest BCUT2D eigenvalue weighted by molar-refractivity contribution is -0.384. The van der Waals surface area contributed by atoms with Crippen LogP contribution in [0.3, 0.4) is 0 Å². The SMILES string of the molecule is CC(=O)Nc1ccc(C(=O)OCC(=O)Nc2ccc([N+](=O)[O-])cc2Cl)cc1. The lowest BCUT2D eigenvalue weighted by Crippen LogP contribution is -2.21. The molecule has 0 atom stereocenters. The molecule has 0 heterocycles. The third-order valence-corrected chi connectivity index (χ3v) is 3.53. The van der Waals surface area contributed by atoms with Crippen LogP contribution in [0.15, 0.2) is 42.5 Å². The molecule has 2 N–H and O–H groups in total. The van der Waals surface area contributed by atoms with E-state index >= 15 is 0 Å². The van der Waals surface area contributed by atoms with Crippen LogP contribution in [-0.4, -0.2) is 29.3 Å². The summed E-state index contributed by atoms with van der Waals surface area (Å²) in [5.41, 5.74) is 0.657. The smallest absolute Gasteiger partial charge is 0.338 e. The summed E-state index contributed by atoms with van der Waals surface area (Å²) in [6.07, 6.45) is 0. The number of nitro groups is 1. The number of benzene rings is 2. The Balaban J connectivity index is 1.90. The van der Waals surface area contributed by atoms with E-state index in [-0.39, 0.29) is 27.9 Å². The van der Waals surface area contributed by atoms with Gasteiger partial charge in [-0.05, 0) is 30.3 Å². The summed E-state index contributed by atoms with van der Waals surface area (Å²) < 4.78 is 4.90. The number of hydrogen-bond acceptors (Lipinski definition) is 6. The molecule has 0 radical (unpaired) electrons. The molecule has 0 aromatic heterocycles. The summed E-state index contributed by atoms with van der Waals surface area (Å²) in [6, 6.07) is 9.49. The normalized spacial score (nSPS) is 10.0. The number of nitrogens with one attached hydrogen (secondary N) is 2. The largest absolute Gasteiger partial charge is 0.452 e. The minimum absolute atomic E-state index is 0.0163. The van der Waals surface area contributed by atoms with Crippen LogP contribution in [0.2, 0.25) is 5.02 Å². The van der Waals surface area contributed by atoms with Crippen LogP contribution in [0.5, 0.6) is 0 Å². The average Bonchev–Trinajstić information content (AvgIpc) is 2.61. The molecule has 0 saturated heterocycles. The molecule has 0 unspecified atom stereocenters. The monoisotopic (exact) mass is 391 g/mol. The van der Waals surface area contributed by atoms with E-state index < -0.39 is 23.4 Å². The molecular formula is C17H14ClN3O6. The Morgan fingerprint density at radius 2 is 1.78 bits per heavy atom. The first kappa shape index (κ1) is 19.9. The van der Waals surface area contributed by atoms with Gasteiger partial charge in [0, 0.05) is 24.7 Å². The van der Waals surface area contributed by atoms with Gasteiger partial charge in [0.15, 0.2) is 6.61 Å². The van der Waals surface area contributed by atoms with E-state index in [1.54, 1.807) is 0 Å². The van der Waals surface area contributed by atoms with Gasteiger partial charge in [0.25, 0.3) is 11.6 Å². The molecule has 0 aliphatic rings. The van der Waals surface area contributed by atoms with Crippen molar-refractivity contribution in [2.45, 2.75) is 6.92 Å². The van der Waals surface area contributed by atoms with E-state index in [1.807, 2.05) is 0 Å². The minimum Gasteiger partial charge on any atom is -0.452 e. The van der Waals surface area contributed by atoms with Crippen LogP contribution in [0, 0.1) is 10.1 Å². The Labute approximate surface area is 158 Å². The summed E-state index contributed by atoms with van der Waals surface area (Å²) in [5.74, 6) is -1.63. The number of nitro benzene ring substituents is 1. The zero-order chi connectivity index (χ0) is 20.0. The second-order valence-corrected chi connectivity index (χ2v) is 5.71. The Hall–Kier alpha value is -3.46. The molecule has 2 amide bonds. The fourth-order valence-corrected chi connectivity index (χ4v) is 2.23. The topological polar surface area (TPSA) is 128 Å². The predicted molar refractivity (Wildman–Crippen MR) is 97.8 cm³/mol. The van der Waals surface area contributed by atoms with Crippen molar-refractivity contribution in [2.24, 2.45) is 0 Å². The first-order valence-corrected chi connectivity index (χ1v) is 7.92. The number of esters is 1. The van der Waals surface area contributed by atoms with Gasteiger partial charge in [0.1, 0.15) is 0 Å². The van der Waals surface area contributed by atoms with Crippen molar-refractivity contribution in [3.63, 3.8) is 0 Å². The van der Waals surface area contributed by atoms with Crippen molar-refractivity contribution in [3.05, 3.63) is 63.2 Å². The number of halogens is 1. The molecule has 0 spiro atoms. The van der Waals surface area contributed by atoms with Gasteiger partial charge < -0.3 is 15.4 Å². The molecule has 140 valence electrons. The number of amides is 2. The van der Waals surface area contributed by atoms with Crippen molar-refractivity contribution in [2.75, 3.05) is 17.2 Å². The summed E-state index contributed by atoms with van der Waals surface area (Å²) in [5, 5.41) is 15.6. The van der Waals surface area contributed by atoms with E-state index in [4.69, 9.17) is 16.3 Å². The third-order valence-electron chi connectivity index (χ3n) is 3.21. The first-order chi connectivity index (χ1) is 12.8. The molecule has 0 bridgehead atoms. The molecule has 10 heteroatoms. The zero-order valence-corrected chi connectivity index (χ0v) is 14.8. The van der Waals surface area contributed by atoms with E-state index in [1.165, 1.54) is 43.3 Å². The highest BCUT2D eigenvalue weighted by atomic mass is 35.5. The number of carbonyl (C=O) groups is 3. The number of hydrogen-bond donors (Lipinski definition) is 2. The lowest BCUT2D eigenvalue weighted by atomic mass is 10.2. The molecule has 0 aliphatic carbocycles. The highest BCUT2D eigenvalue weighted by molar-refractivity contribution is 6.34. The van der Waals surface area contributed by atoms with Crippen LogP contribution in [0.25, 0.3) is 0 Å². The molecule has 0 fully saturated rings. The van der Waals surface area contributed by atoms with Gasteiger partial charge in [-0.1, -0.05) is 11.6 Å². The summed E-state index contributed by atoms with van der Waals surface area (Å²) in [7, 11) is 0. The van der Waals surface area contributed by atoms with E-state index in [9.17, 15) is 24.5 Å². The lowest BCUT2D eigenvalue weighted by Gasteiger charge is -2.08. The fraction of sp³-hybridized carbons (Fsp3) is 0.118. The van der Waals surface area contributed by atoms with Gasteiger partial charge in [-0.2, -0.15) is 0 Å². The fourth-order valence-electron chi connectivity index (χ4n) is 2.01. The zero-order valence-electron chi connectivity index (χ0n) is 14.0. The Morgan fingerprint density at radius 1 is 1.11 bits per heavy atom. The first-order valence-electron chi connectivity index (χ1n) is 7.55. The highest BCUT2D eigenvalue weighted by Crippen LogP contribution is 2.26. The minimum atomic E-state index is -0.727. The summed E-state index contributed by atoms with van der Waals surface area (Å²) in [6.45, 7) is 0.789. The van der Waals surface area contributed by atoms with Crippen LogP contribution in [-0.2, 0) is 14.3 Å². The summed E-state index contributed by atoms with van der Waals surface area (Å²) in [4.78, 5) is 44.8. The number of rotatable bonds is 6. The second kappa shape index (κ2) is 8.77. The van der Waals surface area contributed by atoms with E-state index in [0.717, 1.165) is 6.07 Å². The van der Waals surface area contributed by atoms with Gasteiger partial charge in [0.2, 0.25) is 5.91 Å². The molecule has 2 rings (SSSR count). The Kier molecular flexibility index (Phi) is 6.45. The molecule has 2 aromatic carbocycles. The van der Waals surface area contributed by atoms with Crippen LogP contribution in [0.1, 0.15) is 17.3 Å². The third kappa shape index (κ3) is 5.79. The number of nitrogens with zero attached hydrogens (tertiary/aromatic N) is 1. The highest BCUT2D eigenvalue weighted by Gasteiger charge is 2.14. The van der Waals surface area contributed by atoms with Crippen molar-refractivity contribution < 1.29 is 24.0 Å². The number of anilines is 2. The second-order valence-electron chi connectivity index (χ2n) is 5.30. The maximum atomic E-state index is 11.9. The molecule has 9 nitrogen and oxygen atoms in total. The number of non-ortho nitro benzene ring substituents is 1. The maximum Gasteiger partial charge on any atom is 0.338 e. The standard InChI is InChI=1S/C17H14ClN3O6/c1-10(22)19-12-4-2-11(3-5-12)17(24)27-9-16(23)20-15-7-6-13(21(25)26)8-14(15)18/h2-8H,9H2,1H3,(H,19,22)(H,20,23). The van der Waals surface area contributed by atoms with Crippen LogP contribution in [0.4, 0.5) is 17.1 Å². The van der Waals surface area contributed by atoms with Crippen LogP contribution < -0.4 is 10.6 Å². The van der Waals surface area contributed by atoms with Crippen molar-refractivity contribution in [1.29, 1.82) is 0 Å². The van der Waals surface area contributed by atoms with Crippen molar-refractivity contribution >= 4 is 46.4 Å². The van der Waals surface area contributed by atoms with Gasteiger partial charge >= 0.3 is 5.97 Å². The Bertz CT molecular complexity index is 898. The van der Waals surface area contributed by atoms with Crippen molar-refractivity contribution in [3.8, 4) is 0 Å². The molecular weight excluding hydrogens is 378 g/mol. The Morgan fingerprint density at radius 3 is 2.33 bits per heavy atom. The maximum absolute atomic E-state index is 11.9.